The summed E-state index contributed by atoms with van der Waals surface area (Å²) in [5.74, 6) is 2.13. The van der Waals surface area contributed by atoms with Gasteiger partial charge < -0.3 is 20.5 Å². The molecule has 2 rings (SSSR count). The van der Waals surface area contributed by atoms with Gasteiger partial charge in [0.2, 0.25) is 0 Å². The zero-order valence-electron chi connectivity index (χ0n) is 17.8. The quantitative estimate of drug-likeness (QED) is 0.449. The van der Waals surface area contributed by atoms with E-state index in [2.05, 4.69) is 36.0 Å². The molecule has 1 saturated heterocycles. The van der Waals surface area contributed by atoms with E-state index >= 15 is 0 Å². The zero-order valence-corrected chi connectivity index (χ0v) is 17.8. The van der Waals surface area contributed by atoms with Gasteiger partial charge in [-0.2, -0.15) is 0 Å². The number of nitrogens with zero attached hydrogens (tertiary/aromatic N) is 2. The fourth-order valence-electron chi connectivity index (χ4n) is 3.26. The lowest BCUT2D eigenvalue weighted by Gasteiger charge is -2.26. The van der Waals surface area contributed by atoms with Crippen molar-refractivity contribution in [2.75, 3.05) is 39.5 Å². The number of para-hydroxylation sites is 1. The molecule has 0 saturated carbocycles. The van der Waals surface area contributed by atoms with Gasteiger partial charge in [0.25, 0.3) is 0 Å². The van der Waals surface area contributed by atoms with Crippen molar-refractivity contribution in [1.29, 1.82) is 0 Å². The molecule has 0 amide bonds. The molecule has 1 fully saturated rings. The molecular weight excluding hydrogens is 352 g/mol. The minimum atomic E-state index is 0.336. The molecule has 1 aliphatic rings. The Labute approximate surface area is 170 Å². The maximum absolute atomic E-state index is 6.08. The SMILES string of the molecule is CC(C)CCCC(C)NC(N)=NCc1ccccc1OCCN1CCOCC1. The van der Waals surface area contributed by atoms with Crippen LogP contribution in [0.2, 0.25) is 0 Å². The smallest absolute Gasteiger partial charge is 0.189 e. The second-order valence-electron chi connectivity index (χ2n) is 7.98. The van der Waals surface area contributed by atoms with Crippen molar-refractivity contribution in [3.05, 3.63) is 29.8 Å². The van der Waals surface area contributed by atoms with Crippen molar-refractivity contribution < 1.29 is 9.47 Å². The molecule has 1 unspecified atom stereocenters. The van der Waals surface area contributed by atoms with Gasteiger partial charge in [-0.3, -0.25) is 4.90 Å². The first kappa shape index (κ1) is 22.5. The topological polar surface area (TPSA) is 72.1 Å². The van der Waals surface area contributed by atoms with Crippen molar-refractivity contribution in [3.8, 4) is 5.75 Å². The summed E-state index contributed by atoms with van der Waals surface area (Å²) in [6, 6.07) is 8.39. The molecule has 1 aromatic rings. The van der Waals surface area contributed by atoms with Crippen molar-refractivity contribution in [2.45, 2.75) is 52.6 Å². The van der Waals surface area contributed by atoms with Crippen LogP contribution in [-0.2, 0) is 11.3 Å². The van der Waals surface area contributed by atoms with Crippen LogP contribution < -0.4 is 15.8 Å². The molecule has 0 radical (unpaired) electrons. The molecule has 3 N–H and O–H groups in total. The highest BCUT2D eigenvalue weighted by Crippen LogP contribution is 2.19. The zero-order chi connectivity index (χ0) is 20.2. The second-order valence-corrected chi connectivity index (χ2v) is 7.98. The van der Waals surface area contributed by atoms with Gasteiger partial charge in [0.1, 0.15) is 12.4 Å². The largest absolute Gasteiger partial charge is 0.492 e. The highest BCUT2D eigenvalue weighted by molar-refractivity contribution is 5.78. The Bertz CT molecular complexity index is 586. The van der Waals surface area contributed by atoms with E-state index in [4.69, 9.17) is 15.2 Å². The average Bonchev–Trinajstić information content (AvgIpc) is 2.68. The third-order valence-corrected chi connectivity index (χ3v) is 4.97. The second kappa shape index (κ2) is 12.6. The van der Waals surface area contributed by atoms with E-state index in [1.165, 1.54) is 12.8 Å². The Hall–Kier alpha value is -1.79. The predicted octanol–water partition coefficient (Wildman–Crippen LogP) is 3.02. The van der Waals surface area contributed by atoms with Gasteiger partial charge in [-0.05, 0) is 25.3 Å². The maximum atomic E-state index is 6.08. The standard InChI is InChI=1S/C22H38N4O2/c1-18(2)7-6-8-19(3)25-22(23)24-17-20-9-4-5-10-21(20)28-16-13-26-11-14-27-15-12-26/h4-5,9-10,18-19H,6-8,11-17H2,1-3H3,(H3,23,24,25). The number of hydrogen-bond donors (Lipinski definition) is 2. The summed E-state index contributed by atoms with van der Waals surface area (Å²) in [6.07, 6.45) is 3.56. The fraction of sp³-hybridized carbons (Fsp3) is 0.682. The summed E-state index contributed by atoms with van der Waals surface area (Å²) < 4.78 is 11.4. The van der Waals surface area contributed by atoms with Gasteiger partial charge in [0.15, 0.2) is 5.96 Å². The van der Waals surface area contributed by atoms with Crippen LogP contribution in [0.15, 0.2) is 29.3 Å². The molecule has 1 aromatic carbocycles. The van der Waals surface area contributed by atoms with Crippen LogP contribution in [0, 0.1) is 5.92 Å². The number of aliphatic imine (C=N–C) groups is 1. The molecular formula is C22H38N4O2. The van der Waals surface area contributed by atoms with E-state index in [1.54, 1.807) is 0 Å². The lowest BCUT2D eigenvalue weighted by Crippen LogP contribution is -2.38. The normalized spacial score (nSPS) is 16.9. The maximum Gasteiger partial charge on any atom is 0.189 e. The Morgan fingerprint density at radius 2 is 1.96 bits per heavy atom. The Morgan fingerprint density at radius 1 is 1.21 bits per heavy atom. The van der Waals surface area contributed by atoms with Gasteiger partial charge >= 0.3 is 0 Å². The minimum absolute atomic E-state index is 0.336. The van der Waals surface area contributed by atoms with Gasteiger partial charge in [0.05, 0.1) is 19.8 Å². The van der Waals surface area contributed by atoms with E-state index < -0.39 is 0 Å². The van der Waals surface area contributed by atoms with Crippen LogP contribution in [0.4, 0.5) is 0 Å². The average molecular weight is 391 g/mol. The van der Waals surface area contributed by atoms with Crippen molar-refractivity contribution in [1.82, 2.24) is 10.2 Å². The molecule has 1 heterocycles. The lowest BCUT2D eigenvalue weighted by molar-refractivity contribution is 0.0322. The van der Waals surface area contributed by atoms with Crippen LogP contribution in [0.5, 0.6) is 5.75 Å². The first-order valence-corrected chi connectivity index (χ1v) is 10.6. The number of hydrogen-bond acceptors (Lipinski definition) is 4. The van der Waals surface area contributed by atoms with Crippen molar-refractivity contribution in [3.63, 3.8) is 0 Å². The minimum Gasteiger partial charge on any atom is -0.492 e. The molecule has 0 spiro atoms. The molecule has 28 heavy (non-hydrogen) atoms. The first-order chi connectivity index (χ1) is 13.5. The number of rotatable bonds is 11. The molecule has 1 aliphatic heterocycles. The van der Waals surface area contributed by atoms with Gasteiger partial charge in [0, 0.05) is 31.2 Å². The van der Waals surface area contributed by atoms with E-state index in [0.29, 0.717) is 25.2 Å². The summed E-state index contributed by atoms with van der Waals surface area (Å²) in [5, 5.41) is 3.30. The summed E-state index contributed by atoms with van der Waals surface area (Å²) in [6.45, 7) is 12.4. The molecule has 0 bridgehead atoms. The van der Waals surface area contributed by atoms with Crippen LogP contribution >= 0.6 is 0 Å². The van der Waals surface area contributed by atoms with E-state index in [1.807, 2.05) is 24.3 Å². The molecule has 0 aromatic heterocycles. The van der Waals surface area contributed by atoms with Crippen LogP contribution in [0.1, 0.15) is 45.6 Å². The number of morpholine rings is 1. The van der Waals surface area contributed by atoms with Crippen molar-refractivity contribution >= 4 is 5.96 Å². The van der Waals surface area contributed by atoms with Gasteiger partial charge in [-0.15, -0.1) is 0 Å². The van der Waals surface area contributed by atoms with Gasteiger partial charge in [-0.1, -0.05) is 44.9 Å². The number of ether oxygens (including phenoxy) is 2. The fourth-order valence-corrected chi connectivity index (χ4v) is 3.26. The third kappa shape index (κ3) is 8.93. The van der Waals surface area contributed by atoms with E-state index in [9.17, 15) is 0 Å². The molecule has 158 valence electrons. The summed E-state index contributed by atoms with van der Waals surface area (Å²) >= 11 is 0. The summed E-state index contributed by atoms with van der Waals surface area (Å²) in [4.78, 5) is 6.88. The van der Waals surface area contributed by atoms with Gasteiger partial charge in [-0.25, -0.2) is 4.99 Å². The first-order valence-electron chi connectivity index (χ1n) is 10.6. The Kier molecular flexibility index (Phi) is 10.1. The Morgan fingerprint density at radius 3 is 2.71 bits per heavy atom. The van der Waals surface area contributed by atoms with Crippen LogP contribution in [0.3, 0.4) is 0 Å². The number of benzene rings is 1. The molecule has 0 aliphatic carbocycles. The monoisotopic (exact) mass is 390 g/mol. The number of guanidine groups is 1. The van der Waals surface area contributed by atoms with Crippen LogP contribution in [-0.4, -0.2) is 56.4 Å². The predicted molar refractivity (Wildman–Crippen MR) is 116 cm³/mol. The van der Waals surface area contributed by atoms with Crippen LogP contribution in [0.25, 0.3) is 0 Å². The third-order valence-electron chi connectivity index (χ3n) is 4.97. The molecule has 6 nitrogen and oxygen atoms in total. The van der Waals surface area contributed by atoms with Crippen molar-refractivity contribution in [2.24, 2.45) is 16.6 Å². The lowest BCUT2D eigenvalue weighted by atomic mass is 10.0. The molecule has 6 heteroatoms. The highest BCUT2D eigenvalue weighted by Gasteiger charge is 2.10. The van der Waals surface area contributed by atoms with E-state index in [0.717, 1.165) is 56.5 Å². The highest BCUT2D eigenvalue weighted by atomic mass is 16.5. The number of nitrogens with one attached hydrogen (secondary N) is 1. The summed E-state index contributed by atoms with van der Waals surface area (Å²) in [7, 11) is 0. The Balaban J connectivity index is 1.76. The summed E-state index contributed by atoms with van der Waals surface area (Å²) in [5.41, 5.74) is 7.14. The number of nitrogens with two attached hydrogens (primary N) is 1. The van der Waals surface area contributed by atoms with E-state index in [-0.39, 0.29) is 0 Å². The molecule has 1 atom stereocenters.